The summed E-state index contributed by atoms with van der Waals surface area (Å²) in [4.78, 5) is 14.2. The lowest BCUT2D eigenvalue weighted by Crippen LogP contribution is -2.17. The first-order valence-corrected chi connectivity index (χ1v) is 7.81. The zero-order valence-corrected chi connectivity index (χ0v) is 14.1. The Morgan fingerprint density at radius 3 is 2.56 bits per heavy atom. The third-order valence-electron chi connectivity index (χ3n) is 3.53. The van der Waals surface area contributed by atoms with Gasteiger partial charge in [0.2, 0.25) is 0 Å². The lowest BCUT2D eigenvalue weighted by Gasteiger charge is -2.14. The van der Waals surface area contributed by atoms with Crippen molar-refractivity contribution >= 4 is 17.4 Å². The first-order chi connectivity index (χ1) is 12.0. The topological polar surface area (TPSA) is 116 Å². The minimum absolute atomic E-state index is 0.0710. The summed E-state index contributed by atoms with van der Waals surface area (Å²) in [5.74, 6) is -1.21. The minimum Gasteiger partial charge on any atom is -0.490 e. The second-order valence-corrected chi connectivity index (χ2v) is 5.56. The lowest BCUT2D eigenvalue weighted by molar-refractivity contribution is 0.294. The molecule has 0 amide bonds. The van der Waals surface area contributed by atoms with E-state index in [-0.39, 0.29) is 33.3 Å². The van der Waals surface area contributed by atoms with Crippen molar-refractivity contribution in [2.75, 3.05) is 12.3 Å². The molecular weight excluding hydrogens is 347 g/mol. The number of nitrogens with two attached hydrogens (primary N) is 1. The average Bonchev–Trinajstić information content (AvgIpc) is 2.57. The number of hydrogen-bond donors (Lipinski definition) is 2. The average molecular weight is 361 g/mol. The van der Waals surface area contributed by atoms with Crippen LogP contribution in [-0.2, 0) is 0 Å². The van der Waals surface area contributed by atoms with Crippen LogP contribution in [0.2, 0.25) is 5.02 Å². The third kappa shape index (κ3) is 3.42. The van der Waals surface area contributed by atoms with Crippen LogP contribution in [0.15, 0.2) is 16.9 Å². The molecule has 0 fully saturated rings. The number of nitrogens with zero attached hydrogens (tertiary/aromatic N) is 2. The molecule has 0 aliphatic heterocycles. The molecule has 2 aromatic rings. The standard InChI is InChI=1S/C17H14ClFN4O2/c1-2-3-6-25-12-5-4-11(18)14(15(12)19)13-9(7-20)16(22)23-17(24)10(13)8-21/h4-5H,2-3,6H2,1H3,(H3,22,23,24). The van der Waals surface area contributed by atoms with Crippen molar-refractivity contribution in [3.63, 3.8) is 0 Å². The molecule has 0 aliphatic carbocycles. The van der Waals surface area contributed by atoms with Gasteiger partial charge in [0, 0.05) is 11.1 Å². The fourth-order valence-electron chi connectivity index (χ4n) is 2.29. The Labute approximate surface area is 148 Å². The smallest absolute Gasteiger partial charge is 0.268 e. The SMILES string of the molecule is CCCCOc1ccc(Cl)c(-c2c(C#N)c(N)[nH]c(=O)c2C#N)c1F. The van der Waals surface area contributed by atoms with E-state index >= 15 is 0 Å². The Balaban J connectivity index is 2.79. The van der Waals surface area contributed by atoms with E-state index in [1.807, 2.05) is 6.92 Å². The molecule has 0 radical (unpaired) electrons. The molecular formula is C17H14ClFN4O2. The van der Waals surface area contributed by atoms with Crippen LogP contribution >= 0.6 is 11.6 Å². The zero-order chi connectivity index (χ0) is 18.6. The van der Waals surface area contributed by atoms with Gasteiger partial charge >= 0.3 is 0 Å². The molecule has 128 valence electrons. The van der Waals surface area contributed by atoms with Crippen LogP contribution < -0.4 is 16.0 Å². The van der Waals surface area contributed by atoms with Gasteiger partial charge in [0.25, 0.3) is 5.56 Å². The minimum atomic E-state index is -0.860. The number of pyridine rings is 1. The van der Waals surface area contributed by atoms with Crippen molar-refractivity contribution in [2.45, 2.75) is 19.8 Å². The molecule has 25 heavy (non-hydrogen) atoms. The summed E-state index contributed by atoms with van der Waals surface area (Å²) in [6.45, 7) is 2.26. The number of benzene rings is 1. The molecule has 1 aromatic carbocycles. The van der Waals surface area contributed by atoms with E-state index in [9.17, 15) is 19.7 Å². The summed E-state index contributed by atoms with van der Waals surface area (Å²) in [7, 11) is 0. The number of halogens is 2. The highest BCUT2D eigenvalue weighted by Crippen LogP contribution is 2.39. The molecule has 0 unspecified atom stereocenters. The number of hydrogen-bond acceptors (Lipinski definition) is 5. The predicted octanol–water partition coefficient (Wildman–Crippen LogP) is 3.34. The molecule has 6 nitrogen and oxygen atoms in total. The largest absolute Gasteiger partial charge is 0.490 e. The van der Waals surface area contributed by atoms with Gasteiger partial charge in [0.05, 0.1) is 11.6 Å². The normalized spacial score (nSPS) is 10.1. The number of unbranched alkanes of at least 4 members (excludes halogenated alkanes) is 1. The van der Waals surface area contributed by atoms with Crippen molar-refractivity contribution in [1.29, 1.82) is 10.5 Å². The predicted molar refractivity (Wildman–Crippen MR) is 91.7 cm³/mol. The number of nitriles is 2. The second kappa shape index (κ2) is 7.69. The van der Waals surface area contributed by atoms with Crippen LogP contribution in [0.3, 0.4) is 0 Å². The molecule has 1 aromatic heterocycles. The van der Waals surface area contributed by atoms with E-state index in [0.29, 0.717) is 6.61 Å². The quantitative estimate of drug-likeness (QED) is 0.793. The molecule has 0 bridgehead atoms. The van der Waals surface area contributed by atoms with Gasteiger partial charge in [0.1, 0.15) is 29.1 Å². The molecule has 2 rings (SSSR count). The van der Waals surface area contributed by atoms with Gasteiger partial charge in [-0.1, -0.05) is 24.9 Å². The van der Waals surface area contributed by atoms with Crippen LogP contribution in [0.4, 0.5) is 10.2 Å². The summed E-state index contributed by atoms with van der Waals surface area (Å²) >= 11 is 6.09. The van der Waals surface area contributed by atoms with Gasteiger partial charge in [-0.05, 0) is 18.6 Å². The van der Waals surface area contributed by atoms with E-state index < -0.39 is 16.9 Å². The van der Waals surface area contributed by atoms with Crippen LogP contribution in [0.25, 0.3) is 11.1 Å². The number of nitrogen functional groups attached to an aromatic ring is 1. The number of rotatable bonds is 5. The number of nitrogens with one attached hydrogen (secondary N) is 1. The number of aromatic nitrogens is 1. The summed E-state index contributed by atoms with van der Waals surface area (Å²) in [6.07, 6.45) is 1.59. The van der Waals surface area contributed by atoms with Gasteiger partial charge < -0.3 is 15.5 Å². The summed E-state index contributed by atoms with van der Waals surface area (Å²) < 4.78 is 20.3. The van der Waals surface area contributed by atoms with Crippen molar-refractivity contribution in [2.24, 2.45) is 0 Å². The Morgan fingerprint density at radius 1 is 1.28 bits per heavy atom. The molecule has 0 aliphatic rings. The third-order valence-corrected chi connectivity index (χ3v) is 3.84. The van der Waals surface area contributed by atoms with Crippen molar-refractivity contribution in [3.05, 3.63) is 44.5 Å². The summed E-state index contributed by atoms with van der Waals surface area (Å²) in [5, 5.41) is 18.5. The molecule has 0 spiro atoms. The van der Waals surface area contributed by atoms with Gasteiger partial charge in [0.15, 0.2) is 11.6 Å². The second-order valence-electron chi connectivity index (χ2n) is 5.15. The van der Waals surface area contributed by atoms with Crippen molar-refractivity contribution in [3.8, 4) is 29.0 Å². The number of H-pyrrole nitrogens is 1. The maximum Gasteiger partial charge on any atom is 0.268 e. The molecule has 1 heterocycles. The first kappa shape index (κ1) is 18.3. The van der Waals surface area contributed by atoms with Crippen molar-refractivity contribution < 1.29 is 9.13 Å². The Bertz CT molecular complexity index is 957. The van der Waals surface area contributed by atoms with E-state index in [2.05, 4.69) is 4.98 Å². The van der Waals surface area contributed by atoms with Gasteiger partial charge in [-0.3, -0.25) is 4.79 Å². The fourth-order valence-corrected chi connectivity index (χ4v) is 2.53. The molecule has 8 heteroatoms. The number of aromatic amines is 1. The van der Waals surface area contributed by atoms with E-state index in [4.69, 9.17) is 22.1 Å². The van der Waals surface area contributed by atoms with Crippen LogP contribution in [0.5, 0.6) is 5.75 Å². The van der Waals surface area contributed by atoms with Gasteiger partial charge in [-0.15, -0.1) is 0 Å². The van der Waals surface area contributed by atoms with Crippen LogP contribution in [0.1, 0.15) is 30.9 Å². The van der Waals surface area contributed by atoms with Crippen molar-refractivity contribution in [1.82, 2.24) is 4.98 Å². The van der Waals surface area contributed by atoms with Crippen LogP contribution in [-0.4, -0.2) is 11.6 Å². The highest BCUT2D eigenvalue weighted by atomic mass is 35.5. The van der Waals surface area contributed by atoms with E-state index in [1.165, 1.54) is 12.1 Å². The Hall–Kier alpha value is -3.03. The van der Waals surface area contributed by atoms with Crippen LogP contribution in [0, 0.1) is 28.5 Å². The number of ether oxygens (including phenoxy) is 1. The Morgan fingerprint density at radius 2 is 1.96 bits per heavy atom. The summed E-state index contributed by atoms with van der Waals surface area (Å²) in [6, 6.07) is 6.18. The maximum absolute atomic E-state index is 15.0. The highest BCUT2D eigenvalue weighted by Gasteiger charge is 2.25. The maximum atomic E-state index is 15.0. The van der Waals surface area contributed by atoms with E-state index in [0.717, 1.165) is 12.8 Å². The highest BCUT2D eigenvalue weighted by molar-refractivity contribution is 6.33. The van der Waals surface area contributed by atoms with Gasteiger partial charge in [-0.25, -0.2) is 4.39 Å². The monoisotopic (exact) mass is 360 g/mol. The first-order valence-electron chi connectivity index (χ1n) is 7.43. The summed E-state index contributed by atoms with van der Waals surface area (Å²) in [5.41, 5.74) is 3.63. The van der Waals surface area contributed by atoms with E-state index in [1.54, 1.807) is 12.1 Å². The number of anilines is 1. The molecule has 0 atom stereocenters. The molecule has 0 saturated heterocycles. The molecule has 3 N–H and O–H groups in total. The lowest BCUT2D eigenvalue weighted by atomic mass is 9.96. The molecule has 0 saturated carbocycles. The van der Waals surface area contributed by atoms with Gasteiger partial charge in [-0.2, -0.15) is 10.5 Å². The zero-order valence-electron chi connectivity index (χ0n) is 13.3. The fraction of sp³-hybridized carbons (Fsp3) is 0.235. The Kier molecular flexibility index (Phi) is 5.63.